The van der Waals surface area contributed by atoms with Crippen molar-refractivity contribution in [3.8, 4) is 0 Å². The SMILES string of the molecule is CC1(C)OB(c2ccc(=O)n(CC3CCCCC3)c2)OC1(C)C. The van der Waals surface area contributed by atoms with Crippen molar-refractivity contribution in [2.45, 2.75) is 77.5 Å². The van der Waals surface area contributed by atoms with Crippen molar-refractivity contribution >= 4 is 12.6 Å². The van der Waals surface area contributed by atoms with Gasteiger partial charge in [0.2, 0.25) is 5.56 Å². The van der Waals surface area contributed by atoms with Crippen LogP contribution in [0.25, 0.3) is 0 Å². The van der Waals surface area contributed by atoms with Crippen LogP contribution in [0.1, 0.15) is 59.8 Å². The molecule has 1 saturated heterocycles. The molecule has 0 atom stereocenters. The summed E-state index contributed by atoms with van der Waals surface area (Å²) < 4.78 is 14.0. The van der Waals surface area contributed by atoms with Gasteiger partial charge in [0.25, 0.3) is 0 Å². The van der Waals surface area contributed by atoms with Crippen LogP contribution in [0.5, 0.6) is 0 Å². The first-order valence-electron chi connectivity index (χ1n) is 8.84. The van der Waals surface area contributed by atoms with Crippen molar-refractivity contribution in [3.63, 3.8) is 0 Å². The van der Waals surface area contributed by atoms with E-state index in [2.05, 4.69) is 0 Å². The van der Waals surface area contributed by atoms with Gasteiger partial charge in [0.15, 0.2) is 0 Å². The fourth-order valence-corrected chi connectivity index (χ4v) is 3.46. The molecule has 0 radical (unpaired) electrons. The molecule has 2 fully saturated rings. The van der Waals surface area contributed by atoms with Gasteiger partial charge in [-0.25, -0.2) is 0 Å². The van der Waals surface area contributed by atoms with Crippen LogP contribution in [0.2, 0.25) is 0 Å². The van der Waals surface area contributed by atoms with Crippen molar-refractivity contribution in [3.05, 3.63) is 28.7 Å². The molecule has 1 aliphatic carbocycles. The summed E-state index contributed by atoms with van der Waals surface area (Å²) in [5, 5.41) is 0. The smallest absolute Gasteiger partial charge is 0.399 e. The Kier molecular flexibility index (Phi) is 4.45. The molecular formula is C18H28BNO3. The molecule has 4 nitrogen and oxygen atoms in total. The minimum Gasteiger partial charge on any atom is -0.399 e. The Morgan fingerprint density at radius 2 is 1.70 bits per heavy atom. The largest absolute Gasteiger partial charge is 0.496 e. The molecule has 0 bridgehead atoms. The van der Waals surface area contributed by atoms with Crippen molar-refractivity contribution in [1.29, 1.82) is 0 Å². The molecule has 1 aromatic rings. The van der Waals surface area contributed by atoms with Crippen LogP contribution in [-0.2, 0) is 15.9 Å². The van der Waals surface area contributed by atoms with Crippen LogP contribution in [0.15, 0.2) is 23.1 Å². The van der Waals surface area contributed by atoms with Gasteiger partial charge in [0, 0.05) is 18.8 Å². The maximum Gasteiger partial charge on any atom is 0.496 e. The Morgan fingerprint density at radius 1 is 1.09 bits per heavy atom. The highest BCUT2D eigenvalue weighted by atomic mass is 16.7. The number of nitrogens with zero attached hydrogens (tertiary/aromatic N) is 1. The van der Waals surface area contributed by atoms with Crippen LogP contribution in [0.3, 0.4) is 0 Å². The zero-order valence-corrected chi connectivity index (χ0v) is 14.8. The summed E-state index contributed by atoms with van der Waals surface area (Å²) in [7, 11) is -0.404. The molecular weight excluding hydrogens is 289 g/mol. The summed E-state index contributed by atoms with van der Waals surface area (Å²) >= 11 is 0. The van der Waals surface area contributed by atoms with E-state index in [1.165, 1.54) is 32.1 Å². The van der Waals surface area contributed by atoms with E-state index in [4.69, 9.17) is 9.31 Å². The molecule has 1 aromatic heterocycles. The maximum absolute atomic E-state index is 12.2. The molecule has 0 aromatic carbocycles. The zero-order chi connectivity index (χ0) is 16.7. The van der Waals surface area contributed by atoms with Crippen molar-refractivity contribution < 1.29 is 9.31 Å². The minimum absolute atomic E-state index is 0.0656. The van der Waals surface area contributed by atoms with Crippen molar-refractivity contribution in [2.75, 3.05) is 0 Å². The lowest BCUT2D eigenvalue weighted by molar-refractivity contribution is 0.00578. The predicted octanol–water partition coefficient (Wildman–Crippen LogP) is 2.73. The highest BCUT2D eigenvalue weighted by Crippen LogP contribution is 2.36. The average Bonchev–Trinajstić information content (AvgIpc) is 2.71. The van der Waals surface area contributed by atoms with E-state index in [0.29, 0.717) is 5.92 Å². The molecule has 2 aliphatic rings. The fourth-order valence-electron chi connectivity index (χ4n) is 3.46. The number of hydrogen-bond donors (Lipinski definition) is 0. The molecule has 1 saturated carbocycles. The molecule has 0 amide bonds. The maximum atomic E-state index is 12.2. The number of pyridine rings is 1. The number of rotatable bonds is 3. The molecule has 5 heteroatoms. The first-order valence-corrected chi connectivity index (χ1v) is 8.84. The Labute approximate surface area is 139 Å². The van der Waals surface area contributed by atoms with E-state index in [9.17, 15) is 4.79 Å². The third-order valence-corrected chi connectivity index (χ3v) is 5.71. The van der Waals surface area contributed by atoms with Gasteiger partial charge < -0.3 is 13.9 Å². The lowest BCUT2D eigenvalue weighted by Gasteiger charge is -2.32. The van der Waals surface area contributed by atoms with Crippen LogP contribution in [-0.4, -0.2) is 22.9 Å². The second-order valence-electron chi connectivity index (χ2n) is 8.05. The van der Waals surface area contributed by atoms with E-state index in [1.807, 2.05) is 44.5 Å². The molecule has 0 N–H and O–H groups in total. The molecule has 0 unspecified atom stereocenters. The summed E-state index contributed by atoms with van der Waals surface area (Å²) in [6.45, 7) is 9.00. The topological polar surface area (TPSA) is 40.5 Å². The lowest BCUT2D eigenvalue weighted by Crippen LogP contribution is -2.41. The minimum atomic E-state index is -0.404. The second-order valence-corrected chi connectivity index (χ2v) is 8.05. The van der Waals surface area contributed by atoms with Gasteiger partial charge >= 0.3 is 7.12 Å². The average molecular weight is 317 g/mol. The Bertz CT molecular complexity index is 601. The van der Waals surface area contributed by atoms with Crippen LogP contribution in [0, 0.1) is 5.92 Å². The van der Waals surface area contributed by atoms with Crippen LogP contribution in [0.4, 0.5) is 0 Å². The van der Waals surface area contributed by atoms with Gasteiger partial charge in [-0.15, -0.1) is 0 Å². The molecule has 23 heavy (non-hydrogen) atoms. The highest BCUT2D eigenvalue weighted by molar-refractivity contribution is 6.62. The van der Waals surface area contributed by atoms with Gasteiger partial charge in [0.05, 0.1) is 11.2 Å². The Balaban J connectivity index is 1.79. The van der Waals surface area contributed by atoms with Crippen LogP contribution < -0.4 is 11.0 Å². The van der Waals surface area contributed by atoms with E-state index in [-0.39, 0.29) is 16.8 Å². The Morgan fingerprint density at radius 3 is 2.30 bits per heavy atom. The van der Waals surface area contributed by atoms with E-state index in [1.54, 1.807) is 6.07 Å². The normalized spacial score (nSPS) is 24.1. The van der Waals surface area contributed by atoms with Gasteiger partial charge in [0.1, 0.15) is 0 Å². The molecule has 3 rings (SSSR count). The number of aromatic nitrogens is 1. The molecule has 1 aliphatic heterocycles. The fraction of sp³-hybridized carbons (Fsp3) is 0.722. The second kappa shape index (κ2) is 6.10. The van der Waals surface area contributed by atoms with Gasteiger partial charge in [-0.2, -0.15) is 0 Å². The van der Waals surface area contributed by atoms with Gasteiger partial charge in [-0.1, -0.05) is 25.3 Å². The molecule has 126 valence electrons. The zero-order valence-electron chi connectivity index (χ0n) is 14.8. The van der Waals surface area contributed by atoms with Gasteiger partial charge in [-0.05, 0) is 51.9 Å². The third kappa shape index (κ3) is 3.41. The highest BCUT2D eigenvalue weighted by Gasteiger charge is 2.51. The summed E-state index contributed by atoms with van der Waals surface area (Å²) in [5.41, 5.74) is 0.277. The third-order valence-electron chi connectivity index (χ3n) is 5.71. The molecule has 2 heterocycles. The lowest BCUT2D eigenvalue weighted by atomic mass is 9.80. The number of hydrogen-bond acceptors (Lipinski definition) is 3. The standard InChI is InChI=1S/C18H28BNO3/c1-17(2)18(3,4)23-19(22-17)15-10-11-16(21)20(13-15)12-14-8-6-5-7-9-14/h10-11,13-14H,5-9,12H2,1-4H3. The van der Waals surface area contributed by atoms with E-state index in [0.717, 1.165) is 12.0 Å². The van der Waals surface area contributed by atoms with Crippen molar-refractivity contribution in [1.82, 2.24) is 4.57 Å². The monoisotopic (exact) mass is 317 g/mol. The quantitative estimate of drug-likeness (QED) is 0.805. The first-order chi connectivity index (χ1) is 10.8. The van der Waals surface area contributed by atoms with Crippen LogP contribution >= 0.6 is 0 Å². The Hall–Kier alpha value is -1.07. The van der Waals surface area contributed by atoms with Crippen molar-refractivity contribution in [2.24, 2.45) is 5.92 Å². The molecule has 0 spiro atoms. The predicted molar refractivity (Wildman–Crippen MR) is 93.0 cm³/mol. The summed E-state index contributed by atoms with van der Waals surface area (Å²) in [4.78, 5) is 12.2. The van der Waals surface area contributed by atoms with Gasteiger partial charge in [-0.3, -0.25) is 4.79 Å². The van der Waals surface area contributed by atoms with E-state index < -0.39 is 7.12 Å². The summed E-state index contributed by atoms with van der Waals surface area (Å²) in [6, 6.07) is 3.48. The van der Waals surface area contributed by atoms with E-state index >= 15 is 0 Å². The first kappa shape index (κ1) is 16.8. The summed E-state index contributed by atoms with van der Waals surface area (Å²) in [6.07, 6.45) is 8.30. The summed E-state index contributed by atoms with van der Waals surface area (Å²) in [5.74, 6) is 0.620.